The fourth-order valence-corrected chi connectivity index (χ4v) is 3.70. The summed E-state index contributed by atoms with van der Waals surface area (Å²) in [6, 6.07) is 14.9. The molecule has 0 fully saturated rings. The number of carbonyl (C=O) groups is 1. The van der Waals surface area contributed by atoms with E-state index in [1.165, 1.54) is 0 Å². The molecule has 7 heteroatoms. The van der Waals surface area contributed by atoms with Crippen molar-refractivity contribution in [3.8, 4) is 17.0 Å². The molecule has 0 radical (unpaired) electrons. The average Bonchev–Trinajstić information content (AvgIpc) is 3.26. The number of fused-ring (bicyclic) bond motifs is 1. The Bertz CT molecular complexity index is 983. The Kier molecular flexibility index (Phi) is 5.07. The first-order valence-corrected chi connectivity index (χ1v) is 9.30. The molecule has 1 aromatic heterocycles. The molecule has 3 aromatic rings. The lowest BCUT2D eigenvalue weighted by Gasteiger charge is -2.26. The van der Waals surface area contributed by atoms with Crippen LogP contribution in [0.4, 0.5) is 0 Å². The van der Waals surface area contributed by atoms with Crippen LogP contribution in [0.5, 0.6) is 5.75 Å². The zero-order valence-electron chi connectivity index (χ0n) is 15.6. The van der Waals surface area contributed by atoms with Gasteiger partial charge < -0.3 is 14.4 Å². The number of carbonyl (C=O) groups excluding carboxylic acids is 1. The predicted molar refractivity (Wildman–Crippen MR) is 107 cm³/mol. The standard InChI is InChI=1S/C21H20ClN3O3/c1-27-12-11-25-20(14-5-9-16(28-2)10-6-14)17-18(23-24-19(17)21(25)26)13-3-7-15(22)8-4-13/h3-10,20H,11-12H2,1-2H3,(H,23,24). The number of benzene rings is 2. The Balaban J connectivity index is 1.83. The number of aromatic nitrogens is 2. The van der Waals surface area contributed by atoms with E-state index >= 15 is 0 Å². The van der Waals surface area contributed by atoms with Gasteiger partial charge >= 0.3 is 0 Å². The third-order valence-electron chi connectivity index (χ3n) is 4.95. The zero-order valence-corrected chi connectivity index (χ0v) is 16.4. The van der Waals surface area contributed by atoms with Gasteiger partial charge in [0.05, 0.1) is 25.5 Å². The van der Waals surface area contributed by atoms with Gasteiger partial charge in [0.1, 0.15) is 11.4 Å². The lowest BCUT2D eigenvalue weighted by Crippen LogP contribution is -2.32. The van der Waals surface area contributed by atoms with Crippen LogP contribution in [0.1, 0.15) is 27.7 Å². The third kappa shape index (κ3) is 3.15. The minimum atomic E-state index is -0.256. The van der Waals surface area contributed by atoms with Gasteiger partial charge in [-0.25, -0.2) is 0 Å². The number of methoxy groups -OCH3 is 2. The van der Waals surface area contributed by atoms with Crippen molar-refractivity contribution in [2.24, 2.45) is 0 Å². The molecule has 0 bridgehead atoms. The van der Waals surface area contributed by atoms with E-state index in [0.29, 0.717) is 23.9 Å². The van der Waals surface area contributed by atoms with E-state index in [1.54, 1.807) is 14.2 Å². The summed E-state index contributed by atoms with van der Waals surface area (Å²) >= 11 is 6.03. The number of nitrogens with zero attached hydrogens (tertiary/aromatic N) is 2. The molecule has 0 spiro atoms. The second-order valence-electron chi connectivity index (χ2n) is 6.53. The molecule has 144 valence electrons. The summed E-state index contributed by atoms with van der Waals surface area (Å²) in [5, 5.41) is 8.03. The first-order valence-electron chi connectivity index (χ1n) is 8.92. The first kappa shape index (κ1) is 18.5. The number of H-pyrrole nitrogens is 1. The normalized spacial score (nSPS) is 15.8. The van der Waals surface area contributed by atoms with E-state index in [9.17, 15) is 4.79 Å². The van der Waals surface area contributed by atoms with E-state index < -0.39 is 0 Å². The van der Waals surface area contributed by atoms with Crippen LogP contribution in [0.25, 0.3) is 11.3 Å². The third-order valence-corrected chi connectivity index (χ3v) is 5.20. The number of hydrogen-bond acceptors (Lipinski definition) is 4. The van der Waals surface area contributed by atoms with E-state index in [0.717, 1.165) is 28.1 Å². The van der Waals surface area contributed by atoms with Gasteiger partial charge in [-0.05, 0) is 29.8 Å². The molecular weight excluding hydrogens is 378 g/mol. The van der Waals surface area contributed by atoms with Crippen molar-refractivity contribution in [3.63, 3.8) is 0 Å². The smallest absolute Gasteiger partial charge is 0.273 e. The highest BCUT2D eigenvalue weighted by Gasteiger charge is 2.41. The van der Waals surface area contributed by atoms with Gasteiger partial charge in [0.15, 0.2) is 0 Å². The van der Waals surface area contributed by atoms with Gasteiger partial charge in [-0.1, -0.05) is 35.9 Å². The Labute approximate surface area is 168 Å². The molecule has 1 aliphatic heterocycles. The minimum Gasteiger partial charge on any atom is -0.497 e. The van der Waals surface area contributed by atoms with Crippen LogP contribution in [0, 0.1) is 0 Å². The van der Waals surface area contributed by atoms with Gasteiger partial charge in [-0.3, -0.25) is 9.89 Å². The second-order valence-corrected chi connectivity index (χ2v) is 6.97. The predicted octanol–water partition coefficient (Wildman–Crippen LogP) is 3.93. The van der Waals surface area contributed by atoms with Crippen molar-refractivity contribution in [2.75, 3.05) is 27.4 Å². The summed E-state index contributed by atoms with van der Waals surface area (Å²) in [7, 11) is 3.26. The Morgan fingerprint density at radius 2 is 1.82 bits per heavy atom. The second kappa shape index (κ2) is 7.66. The van der Waals surface area contributed by atoms with E-state index in [-0.39, 0.29) is 11.9 Å². The summed E-state index contributed by atoms with van der Waals surface area (Å²) in [5.74, 6) is 0.683. The highest BCUT2D eigenvalue weighted by molar-refractivity contribution is 6.30. The molecule has 0 aliphatic carbocycles. The van der Waals surface area contributed by atoms with Crippen molar-refractivity contribution in [1.29, 1.82) is 0 Å². The molecule has 28 heavy (non-hydrogen) atoms. The minimum absolute atomic E-state index is 0.0828. The maximum atomic E-state index is 13.1. The fourth-order valence-electron chi connectivity index (χ4n) is 3.58. The molecule has 6 nitrogen and oxygen atoms in total. The fraction of sp³-hybridized carbons (Fsp3) is 0.238. The van der Waals surface area contributed by atoms with Crippen molar-refractivity contribution < 1.29 is 14.3 Å². The van der Waals surface area contributed by atoms with Crippen molar-refractivity contribution >= 4 is 17.5 Å². The van der Waals surface area contributed by atoms with Crippen molar-refractivity contribution in [2.45, 2.75) is 6.04 Å². The van der Waals surface area contributed by atoms with Crippen molar-refractivity contribution in [3.05, 3.63) is 70.4 Å². The van der Waals surface area contributed by atoms with Crippen LogP contribution in [0.3, 0.4) is 0 Å². The number of nitrogens with one attached hydrogen (secondary N) is 1. The number of amides is 1. The zero-order chi connectivity index (χ0) is 19.7. The lowest BCUT2D eigenvalue weighted by molar-refractivity contribution is 0.0677. The van der Waals surface area contributed by atoms with E-state index in [4.69, 9.17) is 21.1 Å². The Hall–Kier alpha value is -2.83. The quantitative estimate of drug-likeness (QED) is 0.684. The Morgan fingerprint density at radius 1 is 1.11 bits per heavy atom. The van der Waals surface area contributed by atoms with Crippen LogP contribution >= 0.6 is 11.6 Å². The maximum absolute atomic E-state index is 13.1. The Morgan fingerprint density at radius 3 is 2.46 bits per heavy atom. The summed E-state index contributed by atoms with van der Waals surface area (Å²) < 4.78 is 10.5. The van der Waals surface area contributed by atoms with Gasteiger partial charge in [0.2, 0.25) is 0 Å². The number of halogens is 1. The molecule has 0 saturated carbocycles. The molecule has 1 unspecified atom stereocenters. The molecule has 1 amide bonds. The molecule has 4 rings (SSSR count). The molecular formula is C21H20ClN3O3. The largest absolute Gasteiger partial charge is 0.497 e. The van der Waals surface area contributed by atoms with Crippen molar-refractivity contribution in [1.82, 2.24) is 15.1 Å². The van der Waals surface area contributed by atoms with Crippen LogP contribution < -0.4 is 4.74 Å². The van der Waals surface area contributed by atoms with Gasteiger partial charge in [-0.2, -0.15) is 5.10 Å². The molecule has 1 atom stereocenters. The highest BCUT2D eigenvalue weighted by Crippen LogP contribution is 2.42. The van der Waals surface area contributed by atoms with E-state index in [1.807, 2.05) is 53.4 Å². The number of hydrogen-bond donors (Lipinski definition) is 1. The highest BCUT2D eigenvalue weighted by atomic mass is 35.5. The maximum Gasteiger partial charge on any atom is 0.273 e. The van der Waals surface area contributed by atoms with E-state index in [2.05, 4.69) is 10.2 Å². The average molecular weight is 398 g/mol. The van der Waals surface area contributed by atoms with Crippen LogP contribution in [0.2, 0.25) is 5.02 Å². The molecule has 1 N–H and O–H groups in total. The monoisotopic (exact) mass is 397 g/mol. The SMILES string of the molecule is COCCN1C(=O)c2[nH]nc(-c3ccc(Cl)cc3)c2C1c1ccc(OC)cc1. The number of aromatic amines is 1. The summed E-state index contributed by atoms with van der Waals surface area (Å²) in [4.78, 5) is 14.9. The summed E-state index contributed by atoms with van der Waals surface area (Å²) in [6.45, 7) is 0.932. The van der Waals surface area contributed by atoms with Gasteiger partial charge in [-0.15, -0.1) is 0 Å². The van der Waals surface area contributed by atoms with Crippen LogP contribution in [-0.2, 0) is 4.74 Å². The number of ether oxygens (including phenoxy) is 2. The molecule has 2 heterocycles. The summed E-state index contributed by atoms with van der Waals surface area (Å²) in [6.07, 6.45) is 0. The molecule has 2 aromatic carbocycles. The van der Waals surface area contributed by atoms with Gasteiger partial charge in [0, 0.05) is 29.8 Å². The molecule has 0 saturated heterocycles. The van der Waals surface area contributed by atoms with Crippen LogP contribution in [-0.4, -0.2) is 48.4 Å². The lowest BCUT2D eigenvalue weighted by atomic mass is 9.96. The summed E-state index contributed by atoms with van der Waals surface area (Å²) in [5.41, 5.74) is 4.03. The number of rotatable bonds is 6. The van der Waals surface area contributed by atoms with Crippen LogP contribution in [0.15, 0.2) is 48.5 Å². The first-order chi connectivity index (χ1) is 13.6. The van der Waals surface area contributed by atoms with Gasteiger partial charge in [0.25, 0.3) is 5.91 Å². The molecule has 1 aliphatic rings. The topological polar surface area (TPSA) is 67.5 Å².